The summed E-state index contributed by atoms with van der Waals surface area (Å²) in [7, 11) is 0. The summed E-state index contributed by atoms with van der Waals surface area (Å²) in [5, 5.41) is 0. The Hall–Kier alpha value is -3.51. The molecule has 0 saturated carbocycles. The maximum atomic E-state index is 5.98. The molecule has 1 aliphatic rings. The molecule has 0 radical (unpaired) electrons. The van der Waals surface area contributed by atoms with Crippen LogP contribution in [-0.4, -0.2) is 52.1 Å². The fraction of sp³-hybridized carbons (Fsp3) is 0.296. The first-order chi connectivity index (χ1) is 16.1. The predicted molar refractivity (Wildman–Crippen MR) is 135 cm³/mol. The van der Waals surface area contributed by atoms with Crippen LogP contribution in [0.3, 0.4) is 0 Å². The third-order valence-corrected chi connectivity index (χ3v) is 6.42. The summed E-state index contributed by atoms with van der Waals surface area (Å²) in [6.07, 6.45) is 0.668. The first kappa shape index (κ1) is 21.3. The molecule has 0 unspecified atom stereocenters. The standard InChI is InChI=1S/C27H30N6/c1-19(2)32-14-16-33(17-15-32)22-10-8-21(9-11-22)23-12-13-24-26(29-23)25(31-27(28)30-24)18-20-6-4-3-5-7-20/h3-13,19H,14-18H2,1-2H3,(H2,28,30,31). The van der Waals surface area contributed by atoms with Crippen molar-refractivity contribution >= 4 is 22.7 Å². The number of nitrogens with two attached hydrogens (primary N) is 1. The molecule has 1 fully saturated rings. The molecule has 5 rings (SSSR count). The third kappa shape index (κ3) is 4.66. The summed E-state index contributed by atoms with van der Waals surface area (Å²) in [4.78, 5) is 18.9. The van der Waals surface area contributed by atoms with Crippen LogP contribution in [-0.2, 0) is 6.42 Å². The number of piperazine rings is 1. The number of rotatable bonds is 5. The van der Waals surface area contributed by atoms with Crippen molar-refractivity contribution in [2.45, 2.75) is 26.3 Å². The lowest BCUT2D eigenvalue weighted by Gasteiger charge is -2.38. The van der Waals surface area contributed by atoms with E-state index < -0.39 is 0 Å². The molecular weight excluding hydrogens is 408 g/mol. The molecule has 168 valence electrons. The van der Waals surface area contributed by atoms with Gasteiger partial charge in [0.05, 0.1) is 16.9 Å². The first-order valence-corrected chi connectivity index (χ1v) is 11.6. The normalized spacial score (nSPS) is 14.8. The van der Waals surface area contributed by atoms with Crippen molar-refractivity contribution in [3.63, 3.8) is 0 Å². The highest BCUT2D eigenvalue weighted by Crippen LogP contribution is 2.26. The molecule has 0 spiro atoms. The van der Waals surface area contributed by atoms with Gasteiger partial charge in [0.1, 0.15) is 5.52 Å². The average Bonchev–Trinajstić information content (AvgIpc) is 2.84. The quantitative estimate of drug-likeness (QED) is 0.498. The number of benzene rings is 2. The SMILES string of the molecule is CC(C)N1CCN(c2ccc(-c3ccc4nc(N)nc(Cc5ccccc5)c4n3)cc2)CC1. The smallest absolute Gasteiger partial charge is 0.220 e. The summed E-state index contributed by atoms with van der Waals surface area (Å²) < 4.78 is 0. The lowest BCUT2D eigenvalue weighted by molar-refractivity contribution is 0.209. The minimum atomic E-state index is 0.282. The molecule has 33 heavy (non-hydrogen) atoms. The highest BCUT2D eigenvalue weighted by atomic mass is 15.3. The van der Waals surface area contributed by atoms with Crippen LogP contribution in [0.25, 0.3) is 22.3 Å². The predicted octanol–water partition coefficient (Wildman–Crippen LogP) is 4.40. The van der Waals surface area contributed by atoms with Gasteiger partial charge in [0, 0.05) is 49.9 Å². The van der Waals surface area contributed by atoms with E-state index in [2.05, 4.69) is 70.0 Å². The number of anilines is 2. The molecule has 3 heterocycles. The molecule has 6 nitrogen and oxygen atoms in total. The monoisotopic (exact) mass is 438 g/mol. The van der Waals surface area contributed by atoms with Crippen molar-refractivity contribution in [3.8, 4) is 11.3 Å². The molecule has 0 atom stereocenters. The van der Waals surface area contributed by atoms with Crippen LogP contribution in [0.4, 0.5) is 11.6 Å². The number of fused-ring (bicyclic) bond motifs is 1. The van der Waals surface area contributed by atoms with Gasteiger partial charge in [0.25, 0.3) is 0 Å². The Morgan fingerprint density at radius 3 is 2.24 bits per heavy atom. The van der Waals surface area contributed by atoms with E-state index in [9.17, 15) is 0 Å². The molecule has 4 aromatic rings. The molecule has 0 aliphatic carbocycles. The van der Waals surface area contributed by atoms with E-state index in [0.29, 0.717) is 12.5 Å². The lowest BCUT2D eigenvalue weighted by atomic mass is 10.1. The van der Waals surface area contributed by atoms with Gasteiger partial charge in [0.15, 0.2) is 0 Å². The van der Waals surface area contributed by atoms with Gasteiger partial charge in [-0.1, -0.05) is 42.5 Å². The lowest BCUT2D eigenvalue weighted by Crippen LogP contribution is -2.48. The van der Waals surface area contributed by atoms with E-state index in [0.717, 1.165) is 54.2 Å². The zero-order valence-corrected chi connectivity index (χ0v) is 19.3. The van der Waals surface area contributed by atoms with Crippen LogP contribution in [0.1, 0.15) is 25.1 Å². The first-order valence-electron chi connectivity index (χ1n) is 11.6. The Morgan fingerprint density at radius 2 is 1.55 bits per heavy atom. The second kappa shape index (κ2) is 9.16. The Kier molecular flexibility index (Phi) is 5.92. The van der Waals surface area contributed by atoms with E-state index in [1.54, 1.807) is 0 Å². The number of aromatic nitrogens is 3. The van der Waals surface area contributed by atoms with E-state index in [4.69, 9.17) is 10.7 Å². The molecule has 0 amide bonds. The van der Waals surface area contributed by atoms with Crippen LogP contribution in [0.15, 0.2) is 66.7 Å². The minimum absolute atomic E-state index is 0.282. The molecule has 6 heteroatoms. The molecule has 2 aromatic heterocycles. The Balaban J connectivity index is 1.41. The van der Waals surface area contributed by atoms with Crippen molar-refractivity contribution in [3.05, 3.63) is 78.0 Å². The van der Waals surface area contributed by atoms with Crippen LogP contribution in [0.5, 0.6) is 0 Å². The fourth-order valence-electron chi connectivity index (χ4n) is 4.51. The summed E-state index contributed by atoms with van der Waals surface area (Å²) in [5.74, 6) is 0.282. The summed E-state index contributed by atoms with van der Waals surface area (Å²) in [5.41, 5.74) is 12.9. The van der Waals surface area contributed by atoms with Gasteiger partial charge in [-0.25, -0.2) is 15.0 Å². The number of nitrogens with zero attached hydrogens (tertiary/aromatic N) is 5. The van der Waals surface area contributed by atoms with Gasteiger partial charge >= 0.3 is 0 Å². The molecule has 1 saturated heterocycles. The molecular formula is C27H30N6. The van der Waals surface area contributed by atoms with Gasteiger partial charge in [0.2, 0.25) is 5.95 Å². The van der Waals surface area contributed by atoms with Crippen molar-refractivity contribution in [1.82, 2.24) is 19.9 Å². The van der Waals surface area contributed by atoms with E-state index in [1.165, 1.54) is 11.3 Å². The third-order valence-electron chi connectivity index (χ3n) is 6.42. The number of nitrogen functional groups attached to an aromatic ring is 1. The average molecular weight is 439 g/mol. The highest BCUT2D eigenvalue weighted by molar-refractivity contribution is 5.81. The maximum Gasteiger partial charge on any atom is 0.220 e. The van der Waals surface area contributed by atoms with E-state index >= 15 is 0 Å². The summed E-state index contributed by atoms with van der Waals surface area (Å²) >= 11 is 0. The van der Waals surface area contributed by atoms with Gasteiger partial charge in [-0.05, 0) is 43.7 Å². The Labute approximate surface area is 195 Å². The highest BCUT2D eigenvalue weighted by Gasteiger charge is 2.19. The second-order valence-electron chi connectivity index (χ2n) is 8.92. The number of hydrogen-bond acceptors (Lipinski definition) is 6. The van der Waals surface area contributed by atoms with E-state index in [-0.39, 0.29) is 5.95 Å². The van der Waals surface area contributed by atoms with Gasteiger partial charge in [-0.2, -0.15) is 0 Å². The largest absolute Gasteiger partial charge is 0.369 e. The zero-order chi connectivity index (χ0) is 22.8. The van der Waals surface area contributed by atoms with Crippen LogP contribution in [0.2, 0.25) is 0 Å². The van der Waals surface area contributed by atoms with Crippen LogP contribution < -0.4 is 10.6 Å². The minimum Gasteiger partial charge on any atom is -0.369 e. The van der Waals surface area contributed by atoms with Crippen molar-refractivity contribution in [2.75, 3.05) is 36.8 Å². The van der Waals surface area contributed by atoms with E-state index in [1.807, 2.05) is 30.3 Å². The van der Waals surface area contributed by atoms with Gasteiger partial charge in [-0.3, -0.25) is 4.90 Å². The fourth-order valence-corrected chi connectivity index (χ4v) is 4.51. The van der Waals surface area contributed by atoms with Crippen LogP contribution >= 0.6 is 0 Å². The molecule has 1 aliphatic heterocycles. The van der Waals surface area contributed by atoms with Crippen molar-refractivity contribution in [1.29, 1.82) is 0 Å². The van der Waals surface area contributed by atoms with Gasteiger partial charge < -0.3 is 10.6 Å². The number of pyridine rings is 1. The van der Waals surface area contributed by atoms with Gasteiger partial charge in [-0.15, -0.1) is 0 Å². The Morgan fingerprint density at radius 1 is 0.818 bits per heavy atom. The zero-order valence-electron chi connectivity index (χ0n) is 19.3. The maximum absolute atomic E-state index is 5.98. The summed E-state index contributed by atoms with van der Waals surface area (Å²) in [6.45, 7) is 8.88. The molecule has 0 bridgehead atoms. The Bertz CT molecular complexity index is 1230. The molecule has 2 aromatic carbocycles. The summed E-state index contributed by atoms with van der Waals surface area (Å²) in [6, 6.07) is 23.6. The second-order valence-corrected chi connectivity index (χ2v) is 8.92. The van der Waals surface area contributed by atoms with Crippen LogP contribution in [0, 0.1) is 0 Å². The number of hydrogen-bond donors (Lipinski definition) is 1. The van der Waals surface area contributed by atoms with Crippen molar-refractivity contribution in [2.24, 2.45) is 0 Å². The van der Waals surface area contributed by atoms with Crippen molar-refractivity contribution < 1.29 is 0 Å². The topological polar surface area (TPSA) is 71.2 Å². The molecule has 2 N–H and O–H groups in total.